The zero-order valence-electron chi connectivity index (χ0n) is 11.1. The van der Waals surface area contributed by atoms with Gasteiger partial charge in [-0.15, -0.1) is 0 Å². The van der Waals surface area contributed by atoms with Gasteiger partial charge in [0.2, 0.25) is 5.91 Å². The Morgan fingerprint density at radius 3 is 2.47 bits per heavy atom. The zero-order chi connectivity index (χ0) is 14.2. The fraction of sp³-hybridized carbons (Fsp3) is 0.500. The van der Waals surface area contributed by atoms with Crippen LogP contribution in [0.15, 0.2) is 18.2 Å². The van der Waals surface area contributed by atoms with Crippen molar-refractivity contribution in [2.75, 3.05) is 6.54 Å². The minimum Gasteiger partial charge on any atom is -0.334 e. The van der Waals surface area contributed by atoms with Crippen LogP contribution in [-0.2, 0) is 4.79 Å². The van der Waals surface area contributed by atoms with Gasteiger partial charge in [-0.3, -0.25) is 4.79 Å². The van der Waals surface area contributed by atoms with Crippen molar-refractivity contribution in [1.82, 2.24) is 4.90 Å². The van der Waals surface area contributed by atoms with E-state index < -0.39 is 0 Å². The Bertz CT molecular complexity index is 470. The predicted molar refractivity (Wildman–Crippen MR) is 78.3 cm³/mol. The molecular weight excluding hydrogens is 283 g/mol. The van der Waals surface area contributed by atoms with Gasteiger partial charge in [0, 0.05) is 34.6 Å². The number of hydrogen-bond donors (Lipinski definition) is 1. The summed E-state index contributed by atoms with van der Waals surface area (Å²) in [6, 6.07) is 4.88. The molecule has 0 aromatic heterocycles. The van der Waals surface area contributed by atoms with Crippen LogP contribution in [0.3, 0.4) is 0 Å². The highest BCUT2D eigenvalue weighted by Gasteiger charge is 2.40. The average Bonchev–Trinajstić information content (AvgIpc) is 2.55. The van der Waals surface area contributed by atoms with Gasteiger partial charge in [0.1, 0.15) is 0 Å². The average molecular weight is 301 g/mol. The number of amides is 1. The molecule has 1 saturated heterocycles. The molecule has 0 spiro atoms. The first-order valence-corrected chi connectivity index (χ1v) is 7.16. The van der Waals surface area contributed by atoms with Gasteiger partial charge in [0.25, 0.3) is 0 Å². The van der Waals surface area contributed by atoms with Crippen molar-refractivity contribution in [3.63, 3.8) is 0 Å². The molecule has 2 unspecified atom stereocenters. The quantitative estimate of drug-likeness (QED) is 0.931. The first-order chi connectivity index (χ1) is 8.91. The number of nitrogens with zero attached hydrogens (tertiary/aromatic N) is 1. The van der Waals surface area contributed by atoms with Crippen molar-refractivity contribution in [2.24, 2.45) is 11.7 Å². The summed E-state index contributed by atoms with van der Waals surface area (Å²) in [6.07, 6.45) is 0.346. The SMILES string of the molecule is CC(C)CN1C(=O)CC(N)C1c1c(Cl)cccc1Cl. The lowest BCUT2D eigenvalue weighted by Gasteiger charge is -2.30. The van der Waals surface area contributed by atoms with Gasteiger partial charge in [0.15, 0.2) is 0 Å². The second-order valence-corrected chi connectivity index (χ2v) is 6.20. The highest BCUT2D eigenvalue weighted by molar-refractivity contribution is 6.36. The van der Waals surface area contributed by atoms with Gasteiger partial charge in [-0.25, -0.2) is 0 Å². The normalized spacial score (nSPS) is 23.5. The van der Waals surface area contributed by atoms with E-state index in [4.69, 9.17) is 28.9 Å². The Morgan fingerprint density at radius 1 is 1.37 bits per heavy atom. The van der Waals surface area contributed by atoms with Crippen LogP contribution in [0.2, 0.25) is 10.0 Å². The van der Waals surface area contributed by atoms with Crippen LogP contribution in [0.5, 0.6) is 0 Å². The van der Waals surface area contributed by atoms with Crippen LogP contribution in [0, 0.1) is 5.92 Å². The zero-order valence-corrected chi connectivity index (χ0v) is 12.6. The molecule has 19 heavy (non-hydrogen) atoms. The molecule has 2 N–H and O–H groups in total. The lowest BCUT2D eigenvalue weighted by Crippen LogP contribution is -2.35. The molecule has 104 valence electrons. The van der Waals surface area contributed by atoms with Gasteiger partial charge in [-0.1, -0.05) is 43.1 Å². The molecular formula is C14H18Cl2N2O. The van der Waals surface area contributed by atoms with Crippen molar-refractivity contribution in [3.05, 3.63) is 33.8 Å². The van der Waals surface area contributed by atoms with Crippen molar-refractivity contribution in [1.29, 1.82) is 0 Å². The molecule has 1 fully saturated rings. The molecule has 2 atom stereocenters. The summed E-state index contributed by atoms with van der Waals surface area (Å²) in [5.74, 6) is 0.445. The fourth-order valence-corrected chi connectivity index (χ4v) is 3.21. The van der Waals surface area contributed by atoms with Crippen LogP contribution in [-0.4, -0.2) is 23.4 Å². The molecule has 0 radical (unpaired) electrons. The standard InChI is InChI=1S/C14H18Cl2N2O/c1-8(2)7-18-12(19)6-11(17)14(18)13-9(15)4-3-5-10(13)16/h3-5,8,11,14H,6-7,17H2,1-2H3. The Balaban J connectivity index is 2.42. The summed E-state index contributed by atoms with van der Waals surface area (Å²) >= 11 is 12.5. The molecule has 0 bridgehead atoms. The molecule has 1 amide bonds. The Morgan fingerprint density at radius 2 is 1.95 bits per heavy atom. The van der Waals surface area contributed by atoms with Crippen LogP contribution < -0.4 is 5.73 Å². The molecule has 0 saturated carbocycles. The highest BCUT2D eigenvalue weighted by Crippen LogP contribution is 2.39. The van der Waals surface area contributed by atoms with Gasteiger partial charge in [0.05, 0.1) is 6.04 Å². The topological polar surface area (TPSA) is 46.3 Å². The van der Waals surface area contributed by atoms with Crippen molar-refractivity contribution < 1.29 is 4.79 Å². The van der Waals surface area contributed by atoms with Crippen LogP contribution >= 0.6 is 23.2 Å². The minimum atomic E-state index is -0.261. The second kappa shape index (κ2) is 5.70. The minimum absolute atomic E-state index is 0.0715. The van der Waals surface area contributed by atoms with Crippen molar-refractivity contribution in [2.45, 2.75) is 32.4 Å². The van der Waals surface area contributed by atoms with E-state index in [-0.39, 0.29) is 18.0 Å². The number of carbonyl (C=O) groups excluding carboxylic acids is 1. The molecule has 1 aromatic rings. The lowest BCUT2D eigenvalue weighted by molar-refractivity contribution is -0.129. The number of benzene rings is 1. The number of halogens is 2. The van der Waals surface area contributed by atoms with E-state index in [1.165, 1.54) is 0 Å². The molecule has 3 nitrogen and oxygen atoms in total. The van der Waals surface area contributed by atoms with Crippen LogP contribution in [0.1, 0.15) is 31.9 Å². The van der Waals surface area contributed by atoms with E-state index in [1.807, 2.05) is 4.90 Å². The molecule has 2 rings (SSSR count). The third-order valence-electron chi connectivity index (χ3n) is 3.33. The summed E-state index contributed by atoms with van der Waals surface area (Å²) in [6.45, 7) is 4.81. The number of nitrogens with two attached hydrogens (primary N) is 1. The van der Waals surface area contributed by atoms with E-state index in [2.05, 4.69) is 13.8 Å². The second-order valence-electron chi connectivity index (χ2n) is 5.39. The number of likely N-dealkylation sites (tertiary alicyclic amines) is 1. The molecule has 5 heteroatoms. The molecule has 1 heterocycles. The van der Waals surface area contributed by atoms with Crippen molar-refractivity contribution >= 4 is 29.1 Å². The first-order valence-electron chi connectivity index (χ1n) is 6.40. The molecule has 1 aliphatic heterocycles. The van der Waals surface area contributed by atoms with Crippen LogP contribution in [0.4, 0.5) is 0 Å². The summed E-state index contributed by atoms with van der Waals surface area (Å²) < 4.78 is 0. The molecule has 1 aromatic carbocycles. The number of hydrogen-bond acceptors (Lipinski definition) is 2. The number of carbonyl (C=O) groups is 1. The van der Waals surface area contributed by atoms with E-state index in [0.717, 1.165) is 5.56 Å². The van der Waals surface area contributed by atoms with Gasteiger partial charge < -0.3 is 10.6 Å². The maximum Gasteiger partial charge on any atom is 0.224 e. The summed E-state index contributed by atoms with van der Waals surface area (Å²) in [5, 5.41) is 1.13. The summed E-state index contributed by atoms with van der Waals surface area (Å²) in [5.41, 5.74) is 6.89. The van der Waals surface area contributed by atoms with E-state index in [0.29, 0.717) is 28.9 Å². The van der Waals surface area contributed by atoms with Gasteiger partial charge in [-0.05, 0) is 18.1 Å². The predicted octanol–water partition coefficient (Wildman–Crippen LogP) is 3.25. The number of rotatable bonds is 3. The third kappa shape index (κ3) is 2.88. The molecule has 1 aliphatic rings. The highest BCUT2D eigenvalue weighted by atomic mass is 35.5. The summed E-state index contributed by atoms with van der Waals surface area (Å²) in [4.78, 5) is 13.9. The fourth-order valence-electron chi connectivity index (χ4n) is 2.59. The Kier molecular flexibility index (Phi) is 4.39. The van der Waals surface area contributed by atoms with E-state index in [9.17, 15) is 4.79 Å². The lowest BCUT2D eigenvalue weighted by atomic mass is 10.00. The summed E-state index contributed by atoms with van der Waals surface area (Å²) in [7, 11) is 0. The monoisotopic (exact) mass is 300 g/mol. The Labute approximate surface area is 123 Å². The Hall–Kier alpha value is -0.770. The third-order valence-corrected chi connectivity index (χ3v) is 3.99. The maximum absolute atomic E-state index is 12.1. The largest absolute Gasteiger partial charge is 0.334 e. The van der Waals surface area contributed by atoms with Crippen LogP contribution in [0.25, 0.3) is 0 Å². The smallest absolute Gasteiger partial charge is 0.224 e. The van der Waals surface area contributed by atoms with E-state index in [1.54, 1.807) is 18.2 Å². The van der Waals surface area contributed by atoms with Crippen molar-refractivity contribution in [3.8, 4) is 0 Å². The van der Waals surface area contributed by atoms with Gasteiger partial charge in [-0.2, -0.15) is 0 Å². The molecule has 0 aliphatic carbocycles. The maximum atomic E-state index is 12.1. The van der Waals surface area contributed by atoms with Gasteiger partial charge >= 0.3 is 0 Å². The first kappa shape index (κ1) is 14.6. The van der Waals surface area contributed by atoms with E-state index >= 15 is 0 Å².